The van der Waals surface area contributed by atoms with Crippen LogP contribution in [0.2, 0.25) is 0 Å². The van der Waals surface area contributed by atoms with E-state index in [2.05, 4.69) is 4.98 Å². The monoisotopic (exact) mass is 251 g/mol. The van der Waals surface area contributed by atoms with Crippen molar-refractivity contribution in [3.8, 4) is 11.3 Å². The lowest BCUT2D eigenvalue weighted by Gasteiger charge is -2.06. The zero-order valence-electron chi connectivity index (χ0n) is 10.4. The molecule has 96 valence electrons. The fraction of sp³-hybridized carbons (Fsp3) is 0.308. The number of nitrogens with two attached hydrogens (primary N) is 1. The van der Waals surface area contributed by atoms with Crippen molar-refractivity contribution in [1.82, 2.24) is 9.55 Å². The van der Waals surface area contributed by atoms with E-state index >= 15 is 0 Å². The van der Waals surface area contributed by atoms with Crippen LogP contribution >= 0.6 is 0 Å². The van der Waals surface area contributed by atoms with Gasteiger partial charge < -0.3 is 10.3 Å². The Bertz CT molecular complexity index is 576. The van der Waals surface area contributed by atoms with Gasteiger partial charge in [-0.1, -0.05) is 6.92 Å². The maximum atomic E-state index is 13.7. The summed E-state index contributed by atoms with van der Waals surface area (Å²) >= 11 is 0. The molecule has 0 bridgehead atoms. The number of anilines is 1. The molecule has 18 heavy (non-hydrogen) atoms. The number of nitrogens with zero attached hydrogens (tertiary/aromatic N) is 2. The highest BCUT2D eigenvalue weighted by Gasteiger charge is 2.16. The van der Waals surface area contributed by atoms with E-state index in [0.29, 0.717) is 23.9 Å². The second-order valence-electron chi connectivity index (χ2n) is 4.17. The molecule has 0 aliphatic heterocycles. The lowest BCUT2D eigenvalue weighted by molar-refractivity contribution is 0.603. The van der Waals surface area contributed by atoms with Gasteiger partial charge in [0.2, 0.25) is 0 Å². The van der Waals surface area contributed by atoms with Crippen LogP contribution in [0, 0.1) is 18.6 Å². The fourth-order valence-corrected chi connectivity index (χ4v) is 1.96. The third-order valence-electron chi connectivity index (χ3n) is 2.83. The van der Waals surface area contributed by atoms with Crippen LogP contribution in [0.3, 0.4) is 0 Å². The number of hydrogen-bond donors (Lipinski definition) is 1. The summed E-state index contributed by atoms with van der Waals surface area (Å²) in [6, 6.07) is 3.27. The van der Waals surface area contributed by atoms with E-state index < -0.39 is 11.6 Å². The number of nitrogen functional groups attached to an aromatic ring is 1. The summed E-state index contributed by atoms with van der Waals surface area (Å²) < 4.78 is 28.7. The highest BCUT2D eigenvalue weighted by Crippen LogP contribution is 2.29. The first-order valence-electron chi connectivity index (χ1n) is 5.82. The van der Waals surface area contributed by atoms with Crippen LogP contribution < -0.4 is 5.73 Å². The van der Waals surface area contributed by atoms with Gasteiger partial charge in [0.15, 0.2) is 0 Å². The molecule has 3 nitrogen and oxygen atoms in total. The highest BCUT2D eigenvalue weighted by molar-refractivity contribution is 5.71. The Labute approximate surface area is 104 Å². The van der Waals surface area contributed by atoms with Crippen LogP contribution in [0.4, 0.5) is 14.6 Å². The van der Waals surface area contributed by atoms with Crippen LogP contribution in [0.5, 0.6) is 0 Å². The maximum absolute atomic E-state index is 13.7. The molecule has 2 rings (SSSR count). The minimum Gasteiger partial charge on any atom is -0.383 e. The average molecular weight is 251 g/mol. The van der Waals surface area contributed by atoms with Gasteiger partial charge >= 0.3 is 0 Å². The van der Waals surface area contributed by atoms with Gasteiger partial charge in [-0.3, -0.25) is 0 Å². The predicted octanol–water partition coefficient (Wildman–Crippen LogP) is 3.13. The van der Waals surface area contributed by atoms with Gasteiger partial charge in [0.05, 0.1) is 0 Å². The summed E-state index contributed by atoms with van der Waals surface area (Å²) in [7, 11) is 0. The van der Waals surface area contributed by atoms with E-state index in [1.165, 1.54) is 0 Å². The number of rotatable bonds is 3. The van der Waals surface area contributed by atoms with E-state index in [0.717, 1.165) is 24.6 Å². The normalized spacial score (nSPS) is 10.9. The first kappa shape index (κ1) is 12.5. The lowest BCUT2D eigenvalue weighted by Crippen LogP contribution is -2.04. The molecule has 0 amide bonds. The Morgan fingerprint density at radius 3 is 2.72 bits per heavy atom. The average Bonchev–Trinajstić information content (AvgIpc) is 2.61. The van der Waals surface area contributed by atoms with Gasteiger partial charge in [0.1, 0.15) is 29.0 Å². The van der Waals surface area contributed by atoms with Crippen molar-refractivity contribution in [2.45, 2.75) is 26.8 Å². The third-order valence-corrected chi connectivity index (χ3v) is 2.83. The van der Waals surface area contributed by atoms with Gasteiger partial charge in [0.25, 0.3) is 0 Å². The number of imidazole rings is 1. The van der Waals surface area contributed by atoms with Crippen LogP contribution in [-0.4, -0.2) is 9.55 Å². The molecule has 1 aromatic carbocycles. The third kappa shape index (κ3) is 2.08. The van der Waals surface area contributed by atoms with E-state index in [-0.39, 0.29) is 5.56 Å². The molecule has 5 heteroatoms. The second-order valence-corrected chi connectivity index (χ2v) is 4.17. The summed E-state index contributed by atoms with van der Waals surface area (Å²) in [5.74, 6) is 0.0459. The lowest BCUT2D eigenvalue weighted by atomic mass is 10.1. The van der Waals surface area contributed by atoms with Crippen molar-refractivity contribution >= 4 is 5.82 Å². The summed E-state index contributed by atoms with van der Waals surface area (Å²) in [5, 5.41) is 0. The van der Waals surface area contributed by atoms with Gasteiger partial charge in [-0.2, -0.15) is 0 Å². The molecule has 0 saturated carbocycles. The number of aryl methyl sites for hydroxylation is 1. The molecule has 0 saturated heterocycles. The Balaban J connectivity index is 2.57. The molecule has 0 aliphatic carbocycles. The van der Waals surface area contributed by atoms with Crippen molar-refractivity contribution in [3.05, 3.63) is 35.7 Å². The molecule has 2 N–H and O–H groups in total. The number of hydrogen-bond acceptors (Lipinski definition) is 2. The largest absolute Gasteiger partial charge is 0.383 e. The van der Waals surface area contributed by atoms with Crippen molar-refractivity contribution in [1.29, 1.82) is 0 Å². The molecule has 0 fully saturated rings. The molecule has 1 aromatic heterocycles. The molecule has 1 heterocycles. The maximum Gasteiger partial charge on any atom is 0.132 e. The summed E-state index contributed by atoms with van der Waals surface area (Å²) in [4.78, 5) is 4.23. The Morgan fingerprint density at radius 2 is 2.06 bits per heavy atom. The second kappa shape index (κ2) is 4.76. The van der Waals surface area contributed by atoms with E-state index in [9.17, 15) is 8.78 Å². The molecular weight excluding hydrogens is 236 g/mol. The van der Waals surface area contributed by atoms with E-state index in [4.69, 9.17) is 5.73 Å². The smallest absolute Gasteiger partial charge is 0.132 e. The molecule has 0 radical (unpaired) electrons. The van der Waals surface area contributed by atoms with Crippen LogP contribution in [0.15, 0.2) is 18.2 Å². The van der Waals surface area contributed by atoms with E-state index in [1.54, 1.807) is 11.5 Å². The molecule has 0 aliphatic rings. The first-order valence-corrected chi connectivity index (χ1v) is 5.82. The number of benzene rings is 1. The van der Waals surface area contributed by atoms with Gasteiger partial charge in [-0.15, -0.1) is 0 Å². The number of halogens is 2. The van der Waals surface area contributed by atoms with Crippen LogP contribution in [0.25, 0.3) is 11.3 Å². The van der Waals surface area contributed by atoms with Gasteiger partial charge in [-0.25, -0.2) is 13.8 Å². The Hall–Kier alpha value is -1.91. The molecule has 2 aromatic rings. The summed E-state index contributed by atoms with van der Waals surface area (Å²) in [6.07, 6.45) is 0.895. The topological polar surface area (TPSA) is 43.8 Å². The van der Waals surface area contributed by atoms with Gasteiger partial charge in [0, 0.05) is 12.1 Å². The van der Waals surface area contributed by atoms with Crippen molar-refractivity contribution in [2.75, 3.05) is 5.73 Å². The number of aromatic nitrogens is 2. The summed E-state index contributed by atoms with van der Waals surface area (Å²) in [6.45, 7) is 4.52. The molecule has 0 spiro atoms. The Morgan fingerprint density at radius 1 is 1.33 bits per heavy atom. The Kier molecular flexibility index (Phi) is 3.32. The highest BCUT2D eigenvalue weighted by atomic mass is 19.1. The minimum atomic E-state index is -0.524. The minimum absolute atomic E-state index is 0.102. The van der Waals surface area contributed by atoms with Crippen LogP contribution in [-0.2, 0) is 6.54 Å². The van der Waals surface area contributed by atoms with Crippen LogP contribution in [0.1, 0.15) is 19.2 Å². The summed E-state index contributed by atoms with van der Waals surface area (Å²) in [5.41, 5.74) is 6.36. The zero-order valence-corrected chi connectivity index (χ0v) is 10.4. The molecular formula is C13H15F2N3. The zero-order chi connectivity index (χ0) is 13.3. The SMILES string of the molecule is CCCn1c(C)nc(-c2cc(F)ccc2F)c1N. The fourth-order valence-electron chi connectivity index (χ4n) is 1.96. The molecule has 0 unspecified atom stereocenters. The quantitative estimate of drug-likeness (QED) is 0.910. The van der Waals surface area contributed by atoms with E-state index in [1.807, 2.05) is 6.92 Å². The van der Waals surface area contributed by atoms with Crippen molar-refractivity contribution in [2.24, 2.45) is 0 Å². The van der Waals surface area contributed by atoms with Crippen molar-refractivity contribution < 1.29 is 8.78 Å². The predicted molar refractivity (Wildman–Crippen MR) is 67.0 cm³/mol. The standard InChI is InChI=1S/C13H15F2N3/c1-3-6-18-8(2)17-12(13(18)16)10-7-9(14)4-5-11(10)15/h4-5,7H,3,6,16H2,1-2H3. The van der Waals surface area contributed by atoms with Crippen molar-refractivity contribution in [3.63, 3.8) is 0 Å². The van der Waals surface area contributed by atoms with Gasteiger partial charge in [-0.05, 0) is 31.5 Å². The first-order chi connectivity index (χ1) is 8.54. The molecule has 0 atom stereocenters.